The van der Waals surface area contributed by atoms with Crippen LogP contribution in [0.25, 0.3) is 0 Å². The fraction of sp³-hybridized carbons (Fsp3) is 0.500. The molecule has 0 spiro atoms. The molecule has 0 aromatic carbocycles. The summed E-state index contributed by atoms with van der Waals surface area (Å²) in [5.41, 5.74) is 0.820. The highest BCUT2D eigenvalue weighted by molar-refractivity contribution is 7.98. The molecule has 0 amide bonds. The second-order valence-corrected chi connectivity index (χ2v) is 3.97. The molecule has 0 radical (unpaired) electrons. The van der Waals surface area contributed by atoms with E-state index in [0.29, 0.717) is 0 Å². The summed E-state index contributed by atoms with van der Waals surface area (Å²) in [4.78, 5) is 11.1. The highest BCUT2D eigenvalue weighted by Crippen LogP contribution is 2.06. The van der Waals surface area contributed by atoms with Crippen molar-refractivity contribution in [1.82, 2.24) is 4.57 Å². The van der Waals surface area contributed by atoms with Gasteiger partial charge in [0.1, 0.15) is 0 Å². The first-order valence-corrected chi connectivity index (χ1v) is 5.80. The third-order valence-electron chi connectivity index (χ3n) is 1.94. The van der Waals surface area contributed by atoms with Gasteiger partial charge in [0.15, 0.2) is 5.78 Å². The van der Waals surface area contributed by atoms with Crippen molar-refractivity contribution in [1.29, 1.82) is 0 Å². The van der Waals surface area contributed by atoms with E-state index in [2.05, 4.69) is 6.26 Å². The Labute approximate surface area is 83.3 Å². The van der Waals surface area contributed by atoms with Gasteiger partial charge in [0.25, 0.3) is 0 Å². The van der Waals surface area contributed by atoms with Crippen LogP contribution in [0.2, 0.25) is 0 Å². The molecule has 0 saturated carbocycles. The van der Waals surface area contributed by atoms with Gasteiger partial charge in [-0.15, -0.1) is 0 Å². The Bertz CT molecular complexity index is 280. The SMILES string of the molecule is CSCCCn1cccc1C(C)=O. The van der Waals surface area contributed by atoms with Crippen LogP contribution >= 0.6 is 11.8 Å². The zero-order chi connectivity index (χ0) is 9.68. The fourth-order valence-corrected chi connectivity index (χ4v) is 1.73. The van der Waals surface area contributed by atoms with Crippen LogP contribution in [0.1, 0.15) is 23.8 Å². The van der Waals surface area contributed by atoms with Crippen molar-refractivity contribution >= 4 is 17.5 Å². The van der Waals surface area contributed by atoms with Crippen LogP contribution in [0.15, 0.2) is 18.3 Å². The summed E-state index contributed by atoms with van der Waals surface area (Å²) in [6, 6.07) is 3.80. The summed E-state index contributed by atoms with van der Waals surface area (Å²) in [6.07, 6.45) is 5.19. The molecule has 13 heavy (non-hydrogen) atoms. The molecule has 1 aromatic rings. The van der Waals surface area contributed by atoms with E-state index in [1.54, 1.807) is 6.92 Å². The number of aromatic nitrogens is 1. The molecule has 0 aliphatic carbocycles. The number of nitrogens with zero attached hydrogens (tertiary/aromatic N) is 1. The molecular formula is C10H15NOS. The Morgan fingerprint density at radius 3 is 3.00 bits per heavy atom. The zero-order valence-electron chi connectivity index (χ0n) is 8.12. The minimum Gasteiger partial charge on any atom is -0.345 e. The molecule has 1 aromatic heterocycles. The highest BCUT2D eigenvalue weighted by atomic mass is 32.2. The molecule has 0 saturated heterocycles. The molecule has 0 fully saturated rings. The summed E-state index contributed by atoms with van der Waals surface area (Å²) < 4.78 is 2.03. The van der Waals surface area contributed by atoms with Gasteiger partial charge in [-0.3, -0.25) is 4.79 Å². The average Bonchev–Trinajstić information content (AvgIpc) is 2.53. The van der Waals surface area contributed by atoms with Gasteiger partial charge in [-0.25, -0.2) is 0 Å². The number of aryl methyl sites for hydroxylation is 1. The predicted molar refractivity (Wildman–Crippen MR) is 57.4 cm³/mol. The standard InChI is InChI=1S/C10H15NOS/c1-9(12)10-5-3-6-11(10)7-4-8-13-2/h3,5-6H,4,7-8H2,1-2H3. The molecule has 3 heteroatoms. The largest absolute Gasteiger partial charge is 0.345 e. The van der Waals surface area contributed by atoms with Crippen molar-refractivity contribution in [3.05, 3.63) is 24.0 Å². The van der Waals surface area contributed by atoms with E-state index in [-0.39, 0.29) is 5.78 Å². The van der Waals surface area contributed by atoms with Crippen molar-refractivity contribution < 1.29 is 4.79 Å². The quantitative estimate of drug-likeness (QED) is 0.534. The Kier molecular flexibility index (Phi) is 4.09. The molecule has 1 rings (SSSR count). The normalized spacial score (nSPS) is 10.3. The second-order valence-electron chi connectivity index (χ2n) is 2.99. The first-order chi connectivity index (χ1) is 6.25. The Balaban J connectivity index is 2.55. The lowest BCUT2D eigenvalue weighted by atomic mass is 10.3. The minimum absolute atomic E-state index is 0.147. The number of carbonyl (C=O) groups is 1. The first kappa shape index (κ1) is 10.4. The van der Waals surface area contributed by atoms with Gasteiger partial charge in [0.2, 0.25) is 0 Å². The monoisotopic (exact) mass is 197 g/mol. The summed E-state index contributed by atoms with van der Waals surface area (Å²) >= 11 is 1.84. The van der Waals surface area contributed by atoms with Crippen LogP contribution in [-0.2, 0) is 6.54 Å². The van der Waals surface area contributed by atoms with Gasteiger partial charge in [-0.05, 0) is 30.6 Å². The third-order valence-corrected chi connectivity index (χ3v) is 2.63. The molecular weight excluding hydrogens is 182 g/mol. The Morgan fingerprint density at radius 1 is 1.62 bits per heavy atom. The van der Waals surface area contributed by atoms with Crippen LogP contribution < -0.4 is 0 Å². The molecule has 0 bridgehead atoms. The maximum Gasteiger partial charge on any atom is 0.176 e. The van der Waals surface area contributed by atoms with Gasteiger partial charge in [0.05, 0.1) is 5.69 Å². The van der Waals surface area contributed by atoms with E-state index in [0.717, 1.165) is 24.4 Å². The number of Topliss-reactive ketones (excluding diaryl/α,β-unsaturated/α-hetero) is 1. The van der Waals surface area contributed by atoms with Crippen molar-refractivity contribution in [2.45, 2.75) is 19.9 Å². The van der Waals surface area contributed by atoms with Gasteiger partial charge in [0, 0.05) is 19.7 Å². The van der Waals surface area contributed by atoms with E-state index in [1.807, 2.05) is 34.7 Å². The van der Waals surface area contributed by atoms with Crippen LogP contribution in [0.3, 0.4) is 0 Å². The van der Waals surface area contributed by atoms with Crippen LogP contribution in [0, 0.1) is 0 Å². The molecule has 72 valence electrons. The van der Waals surface area contributed by atoms with Crippen LogP contribution in [0.5, 0.6) is 0 Å². The number of rotatable bonds is 5. The highest BCUT2D eigenvalue weighted by Gasteiger charge is 2.04. The van der Waals surface area contributed by atoms with Crippen LogP contribution in [-0.4, -0.2) is 22.4 Å². The van der Waals surface area contributed by atoms with Crippen molar-refractivity contribution in [3.8, 4) is 0 Å². The second kappa shape index (κ2) is 5.12. The number of carbonyl (C=O) groups excluding carboxylic acids is 1. The van der Waals surface area contributed by atoms with Crippen LogP contribution in [0.4, 0.5) is 0 Å². The average molecular weight is 197 g/mol. The smallest absolute Gasteiger partial charge is 0.176 e. The number of hydrogen-bond donors (Lipinski definition) is 0. The van der Waals surface area contributed by atoms with Gasteiger partial charge in [-0.1, -0.05) is 0 Å². The van der Waals surface area contributed by atoms with E-state index in [4.69, 9.17) is 0 Å². The Morgan fingerprint density at radius 2 is 2.38 bits per heavy atom. The summed E-state index contributed by atoms with van der Waals surface area (Å²) in [7, 11) is 0. The lowest BCUT2D eigenvalue weighted by Gasteiger charge is -2.05. The lowest BCUT2D eigenvalue weighted by Crippen LogP contribution is -2.06. The molecule has 0 aliphatic rings. The minimum atomic E-state index is 0.147. The molecule has 0 aliphatic heterocycles. The molecule has 0 unspecified atom stereocenters. The first-order valence-electron chi connectivity index (χ1n) is 4.40. The molecule has 2 nitrogen and oxygen atoms in total. The van der Waals surface area contributed by atoms with Crippen molar-refractivity contribution in [2.24, 2.45) is 0 Å². The summed E-state index contributed by atoms with van der Waals surface area (Å²) in [5, 5.41) is 0. The third kappa shape index (κ3) is 2.92. The van der Waals surface area contributed by atoms with E-state index >= 15 is 0 Å². The lowest BCUT2D eigenvalue weighted by molar-refractivity contribution is 0.100. The van der Waals surface area contributed by atoms with E-state index in [1.165, 1.54) is 0 Å². The summed E-state index contributed by atoms with van der Waals surface area (Å²) in [5.74, 6) is 1.30. The predicted octanol–water partition coefficient (Wildman–Crippen LogP) is 2.44. The number of hydrogen-bond acceptors (Lipinski definition) is 2. The molecule has 1 heterocycles. The topological polar surface area (TPSA) is 22.0 Å². The number of ketones is 1. The van der Waals surface area contributed by atoms with Gasteiger partial charge in [-0.2, -0.15) is 11.8 Å². The molecule has 0 N–H and O–H groups in total. The summed E-state index contributed by atoms with van der Waals surface area (Å²) in [6.45, 7) is 2.56. The van der Waals surface area contributed by atoms with Gasteiger partial charge < -0.3 is 4.57 Å². The number of thioether (sulfide) groups is 1. The maximum atomic E-state index is 11.1. The zero-order valence-corrected chi connectivity index (χ0v) is 8.93. The van der Waals surface area contributed by atoms with E-state index < -0.39 is 0 Å². The Hall–Kier alpha value is -0.700. The van der Waals surface area contributed by atoms with E-state index in [9.17, 15) is 4.79 Å². The fourth-order valence-electron chi connectivity index (χ4n) is 1.31. The maximum absolute atomic E-state index is 11.1. The van der Waals surface area contributed by atoms with Crippen molar-refractivity contribution in [2.75, 3.05) is 12.0 Å². The molecule has 0 atom stereocenters. The van der Waals surface area contributed by atoms with Crippen molar-refractivity contribution in [3.63, 3.8) is 0 Å². The van der Waals surface area contributed by atoms with Gasteiger partial charge >= 0.3 is 0 Å².